The van der Waals surface area contributed by atoms with E-state index in [0.29, 0.717) is 27.1 Å². The highest BCUT2D eigenvalue weighted by Gasteiger charge is 2.33. The van der Waals surface area contributed by atoms with Gasteiger partial charge in [0.1, 0.15) is 5.00 Å². The van der Waals surface area contributed by atoms with Crippen molar-refractivity contribution in [3.8, 4) is 0 Å². The minimum atomic E-state index is -0.492. The highest BCUT2D eigenvalue weighted by atomic mass is 79.9. The largest absolute Gasteiger partial charge is 0.365 e. The van der Waals surface area contributed by atoms with Crippen molar-refractivity contribution in [2.45, 2.75) is 40.0 Å². The highest BCUT2D eigenvalue weighted by Crippen LogP contribution is 2.44. The Balaban J connectivity index is 1.80. The van der Waals surface area contributed by atoms with Gasteiger partial charge < -0.3 is 11.1 Å². The number of nitrogens with one attached hydrogen (secondary N) is 2. The molecule has 0 spiro atoms. The third-order valence-corrected chi connectivity index (χ3v) is 7.56. The van der Waals surface area contributed by atoms with Crippen LogP contribution < -0.4 is 16.4 Å². The number of rotatable bonds is 3. The van der Waals surface area contributed by atoms with Crippen LogP contribution >= 0.6 is 51.1 Å². The predicted octanol–water partition coefficient (Wildman–Crippen LogP) is 5.54. The SMILES string of the molecule is CC(C)(C)C1CCc2c(sc(NC(=S)NC(=O)c3cc(Br)ccc3Cl)c2C(N)=O)C1. The van der Waals surface area contributed by atoms with Crippen molar-refractivity contribution in [3.05, 3.63) is 49.3 Å². The second-order valence-corrected chi connectivity index (χ2v) is 11.2. The smallest absolute Gasteiger partial charge is 0.258 e. The van der Waals surface area contributed by atoms with Gasteiger partial charge in [-0.3, -0.25) is 14.9 Å². The van der Waals surface area contributed by atoms with Gasteiger partial charge in [-0.15, -0.1) is 11.3 Å². The van der Waals surface area contributed by atoms with E-state index < -0.39 is 11.8 Å². The molecule has 1 heterocycles. The first-order valence-electron chi connectivity index (χ1n) is 9.49. The number of hydrogen-bond acceptors (Lipinski definition) is 4. The number of nitrogens with two attached hydrogens (primary N) is 1. The Morgan fingerprint density at radius 2 is 2.03 bits per heavy atom. The van der Waals surface area contributed by atoms with Crippen LogP contribution in [-0.4, -0.2) is 16.9 Å². The van der Waals surface area contributed by atoms with Gasteiger partial charge in [-0.1, -0.05) is 48.3 Å². The molecular weight excluding hydrogens is 506 g/mol. The van der Waals surface area contributed by atoms with E-state index in [2.05, 4.69) is 47.3 Å². The van der Waals surface area contributed by atoms with Crippen molar-refractivity contribution < 1.29 is 9.59 Å². The summed E-state index contributed by atoms with van der Waals surface area (Å²) < 4.78 is 0.728. The molecule has 3 rings (SSSR count). The van der Waals surface area contributed by atoms with Crippen LogP contribution in [0.3, 0.4) is 0 Å². The summed E-state index contributed by atoms with van der Waals surface area (Å²) in [5.41, 5.74) is 7.64. The number of fused-ring (bicyclic) bond motifs is 1. The molecule has 0 fully saturated rings. The maximum Gasteiger partial charge on any atom is 0.258 e. The molecule has 1 aromatic heterocycles. The van der Waals surface area contributed by atoms with E-state index in [-0.39, 0.29) is 10.5 Å². The third-order valence-electron chi connectivity index (χ3n) is 5.36. The van der Waals surface area contributed by atoms with Crippen LogP contribution in [0.5, 0.6) is 0 Å². The first kappa shape index (κ1) is 23.2. The fourth-order valence-electron chi connectivity index (χ4n) is 3.65. The zero-order valence-electron chi connectivity index (χ0n) is 16.9. The number of carbonyl (C=O) groups is 2. The van der Waals surface area contributed by atoms with Gasteiger partial charge in [-0.2, -0.15) is 0 Å². The molecule has 1 aliphatic carbocycles. The van der Waals surface area contributed by atoms with Crippen LogP contribution in [0.15, 0.2) is 22.7 Å². The summed E-state index contributed by atoms with van der Waals surface area (Å²) >= 11 is 16.2. The Morgan fingerprint density at radius 3 is 2.67 bits per heavy atom. The first-order valence-corrected chi connectivity index (χ1v) is 11.9. The van der Waals surface area contributed by atoms with Gasteiger partial charge in [-0.05, 0) is 66.6 Å². The van der Waals surface area contributed by atoms with Crippen LogP contribution in [-0.2, 0) is 12.8 Å². The van der Waals surface area contributed by atoms with Crippen LogP contribution in [0.25, 0.3) is 0 Å². The van der Waals surface area contributed by atoms with E-state index in [1.807, 2.05) is 0 Å². The minimum absolute atomic E-state index is 0.0875. The number of hydrogen-bond donors (Lipinski definition) is 3. The molecule has 1 aromatic carbocycles. The third kappa shape index (κ3) is 5.04. The number of thiophene rings is 1. The number of thiocarbonyl (C=S) groups is 1. The molecule has 0 saturated heterocycles. The lowest BCUT2D eigenvalue weighted by Gasteiger charge is -2.33. The van der Waals surface area contributed by atoms with Crippen molar-refractivity contribution in [2.24, 2.45) is 17.1 Å². The molecule has 160 valence electrons. The van der Waals surface area contributed by atoms with Crippen LogP contribution in [0.4, 0.5) is 5.00 Å². The van der Waals surface area contributed by atoms with Gasteiger partial charge in [0, 0.05) is 9.35 Å². The molecule has 5 nitrogen and oxygen atoms in total. The van der Waals surface area contributed by atoms with E-state index in [1.54, 1.807) is 18.2 Å². The second kappa shape index (κ2) is 8.94. The molecule has 30 heavy (non-hydrogen) atoms. The Bertz CT molecular complexity index is 1030. The summed E-state index contributed by atoms with van der Waals surface area (Å²) in [4.78, 5) is 25.9. The van der Waals surface area contributed by atoms with Gasteiger partial charge in [0.05, 0.1) is 16.1 Å². The van der Waals surface area contributed by atoms with Crippen LogP contribution in [0.1, 0.15) is 58.3 Å². The average molecular weight is 529 g/mol. The van der Waals surface area contributed by atoms with Crippen molar-refractivity contribution in [1.82, 2.24) is 5.32 Å². The fraction of sp³-hybridized carbons (Fsp3) is 0.381. The molecule has 0 radical (unpaired) electrons. The average Bonchev–Trinajstić information content (AvgIpc) is 2.99. The first-order chi connectivity index (χ1) is 14.0. The van der Waals surface area contributed by atoms with E-state index >= 15 is 0 Å². The summed E-state index contributed by atoms with van der Waals surface area (Å²) in [5, 5.41) is 6.60. The number of amides is 2. The van der Waals surface area contributed by atoms with Gasteiger partial charge in [-0.25, -0.2) is 0 Å². The number of halogens is 2. The molecular formula is C21H23BrClN3O2S2. The minimum Gasteiger partial charge on any atom is -0.365 e. The maximum atomic E-state index is 12.6. The van der Waals surface area contributed by atoms with Crippen LogP contribution in [0, 0.1) is 11.3 Å². The summed E-state index contributed by atoms with van der Waals surface area (Å²) in [6, 6.07) is 4.99. The molecule has 2 aromatic rings. The van der Waals surface area contributed by atoms with E-state index in [4.69, 9.17) is 29.6 Å². The van der Waals surface area contributed by atoms with Gasteiger partial charge in [0.2, 0.25) is 0 Å². The topological polar surface area (TPSA) is 84.2 Å². The van der Waals surface area contributed by atoms with E-state index in [9.17, 15) is 9.59 Å². The van der Waals surface area contributed by atoms with Crippen molar-refractivity contribution in [2.75, 3.05) is 5.32 Å². The zero-order valence-corrected chi connectivity index (χ0v) is 20.9. The number of anilines is 1. The fourth-order valence-corrected chi connectivity index (χ4v) is 5.81. The van der Waals surface area contributed by atoms with Crippen molar-refractivity contribution >= 4 is 73.0 Å². The normalized spacial score (nSPS) is 16.0. The molecule has 4 N–H and O–H groups in total. The van der Waals surface area contributed by atoms with Gasteiger partial charge in [0.15, 0.2) is 5.11 Å². The Hall–Kier alpha value is -1.48. The van der Waals surface area contributed by atoms with Crippen molar-refractivity contribution in [1.29, 1.82) is 0 Å². The lowest BCUT2D eigenvalue weighted by Crippen LogP contribution is -2.34. The van der Waals surface area contributed by atoms with E-state index in [1.165, 1.54) is 11.3 Å². The molecule has 2 amide bonds. The molecule has 0 saturated carbocycles. The van der Waals surface area contributed by atoms with Gasteiger partial charge in [0.25, 0.3) is 11.8 Å². The standard InChI is InChI=1S/C21H23BrClN3O2S2/c1-21(2,3)10-4-6-12-15(8-10)30-19(16(12)17(24)27)26-20(29)25-18(28)13-9-11(22)5-7-14(13)23/h5,7,9-10H,4,6,8H2,1-3H3,(H2,24,27)(H2,25,26,28,29). The number of benzene rings is 1. The van der Waals surface area contributed by atoms with Gasteiger partial charge >= 0.3 is 0 Å². The number of carbonyl (C=O) groups excluding carboxylic acids is 2. The molecule has 1 aliphatic rings. The Kier molecular flexibility index (Phi) is 6.91. The summed E-state index contributed by atoms with van der Waals surface area (Å²) in [5.74, 6) is -0.399. The molecule has 1 atom stereocenters. The number of primary amides is 1. The second-order valence-electron chi connectivity index (χ2n) is 8.41. The van der Waals surface area contributed by atoms with Crippen molar-refractivity contribution in [3.63, 3.8) is 0 Å². The lowest BCUT2D eigenvalue weighted by molar-refractivity contribution is 0.0975. The van der Waals surface area contributed by atoms with Crippen LogP contribution in [0.2, 0.25) is 5.02 Å². The highest BCUT2D eigenvalue weighted by molar-refractivity contribution is 9.10. The van der Waals surface area contributed by atoms with E-state index in [0.717, 1.165) is 34.2 Å². The quantitative estimate of drug-likeness (QED) is 0.457. The predicted molar refractivity (Wildman–Crippen MR) is 131 cm³/mol. The molecule has 0 aliphatic heterocycles. The molecule has 1 unspecified atom stereocenters. The molecule has 9 heteroatoms. The lowest BCUT2D eigenvalue weighted by atomic mass is 9.72. The monoisotopic (exact) mass is 527 g/mol. The molecule has 0 bridgehead atoms. The maximum absolute atomic E-state index is 12.6. The summed E-state index contributed by atoms with van der Waals surface area (Å²) in [7, 11) is 0. The summed E-state index contributed by atoms with van der Waals surface area (Å²) in [6.45, 7) is 6.71. The summed E-state index contributed by atoms with van der Waals surface area (Å²) in [6.07, 6.45) is 2.72. The Labute approximate surface area is 198 Å². The Morgan fingerprint density at radius 1 is 1.33 bits per heavy atom. The zero-order chi connectivity index (χ0) is 22.2.